The number of sulfonamides is 1. The Morgan fingerprint density at radius 2 is 1.64 bits per heavy atom. The van der Waals surface area contributed by atoms with E-state index < -0.39 is 10.0 Å². The number of methoxy groups -OCH3 is 1. The Hall–Kier alpha value is -3.73. The number of para-hydroxylation sites is 2. The normalized spacial score (nSPS) is 15.4. The molecule has 1 aliphatic heterocycles. The van der Waals surface area contributed by atoms with Gasteiger partial charge in [0.25, 0.3) is 0 Å². The molecule has 9 nitrogen and oxygen atoms in total. The number of nitrogens with one attached hydrogen (secondary N) is 1. The molecule has 0 aliphatic carbocycles. The molecule has 1 aliphatic rings. The molecule has 0 amide bonds. The Bertz CT molecular complexity index is 1590. The van der Waals surface area contributed by atoms with Gasteiger partial charge in [0.1, 0.15) is 23.1 Å². The Morgan fingerprint density at radius 3 is 2.38 bits per heavy atom. The van der Waals surface area contributed by atoms with Crippen LogP contribution in [0, 0.1) is 0 Å². The van der Waals surface area contributed by atoms with Crippen molar-refractivity contribution in [3.63, 3.8) is 0 Å². The van der Waals surface area contributed by atoms with Crippen LogP contribution in [0.2, 0.25) is 0 Å². The average molecular weight is 590 g/mol. The lowest BCUT2D eigenvalue weighted by molar-refractivity contribution is 0.141. The molecule has 1 unspecified atom stereocenters. The van der Waals surface area contributed by atoms with E-state index in [-0.39, 0.29) is 10.9 Å². The van der Waals surface area contributed by atoms with Gasteiger partial charge in [-0.05, 0) is 55.8 Å². The van der Waals surface area contributed by atoms with Crippen LogP contribution in [-0.2, 0) is 16.6 Å². The molecule has 1 saturated heterocycles. The number of hydrogen-bond acceptors (Lipinski definition) is 8. The van der Waals surface area contributed by atoms with E-state index in [9.17, 15) is 8.42 Å². The van der Waals surface area contributed by atoms with Crippen molar-refractivity contribution in [2.45, 2.75) is 44.2 Å². The van der Waals surface area contributed by atoms with Gasteiger partial charge in [0.05, 0.1) is 30.2 Å². The minimum Gasteiger partial charge on any atom is -0.496 e. The molecule has 222 valence electrons. The van der Waals surface area contributed by atoms with Gasteiger partial charge in [-0.25, -0.2) is 18.4 Å². The quantitative estimate of drug-likeness (QED) is 0.217. The van der Waals surface area contributed by atoms with Crippen molar-refractivity contribution in [1.82, 2.24) is 19.2 Å². The lowest BCUT2D eigenvalue weighted by atomic mass is 10.1. The zero-order chi connectivity index (χ0) is 29.5. The molecule has 3 aromatic carbocycles. The van der Waals surface area contributed by atoms with E-state index in [4.69, 9.17) is 19.4 Å². The van der Waals surface area contributed by atoms with Crippen molar-refractivity contribution in [2.24, 2.45) is 0 Å². The molecule has 10 heteroatoms. The van der Waals surface area contributed by atoms with Crippen LogP contribution >= 0.6 is 0 Å². The number of piperazine rings is 1. The van der Waals surface area contributed by atoms with Gasteiger partial charge in [-0.3, -0.25) is 4.90 Å². The van der Waals surface area contributed by atoms with E-state index >= 15 is 0 Å². The maximum atomic E-state index is 13.4. The first-order valence-corrected chi connectivity index (χ1v) is 15.9. The fraction of sp³-hybridized carbons (Fsp3) is 0.375. The van der Waals surface area contributed by atoms with E-state index in [2.05, 4.69) is 24.1 Å². The molecule has 5 rings (SSSR count). The van der Waals surface area contributed by atoms with Crippen LogP contribution in [0.5, 0.6) is 11.5 Å². The summed E-state index contributed by atoms with van der Waals surface area (Å²) in [5, 5.41) is 4.44. The SMILES string of the molecule is CCCCOc1ccc(S(=O)(=O)N2CCN(C(C)c3nc(NCc4ccccc4OC)c4ccccc4n3)CC2)cc1. The van der Waals surface area contributed by atoms with Crippen molar-refractivity contribution in [3.8, 4) is 11.5 Å². The first-order chi connectivity index (χ1) is 20.4. The standard InChI is InChI=1S/C32H39N5O4S/c1-4-5-22-41-26-14-16-27(17-15-26)42(38,39)37-20-18-36(19-21-37)24(2)31-34-29-12-8-7-11-28(29)32(35-31)33-23-25-10-6-9-13-30(25)40-3/h6-17,24H,4-5,18-23H2,1-3H3,(H,33,34,35). The van der Waals surface area contributed by atoms with Crippen molar-refractivity contribution in [1.29, 1.82) is 0 Å². The minimum atomic E-state index is -3.59. The molecule has 42 heavy (non-hydrogen) atoms. The van der Waals surface area contributed by atoms with Crippen LogP contribution in [-0.4, -0.2) is 67.5 Å². The molecule has 0 bridgehead atoms. The molecule has 4 aromatic rings. The summed E-state index contributed by atoms with van der Waals surface area (Å²) >= 11 is 0. The second-order valence-corrected chi connectivity index (χ2v) is 12.3. The molecule has 1 fully saturated rings. The molecule has 0 radical (unpaired) electrons. The molecule has 0 saturated carbocycles. The number of unbranched alkanes of at least 4 members (excludes halogenated alkanes) is 1. The molecule has 0 spiro atoms. The smallest absolute Gasteiger partial charge is 0.243 e. The summed E-state index contributed by atoms with van der Waals surface area (Å²) in [5.74, 6) is 2.97. The fourth-order valence-electron chi connectivity index (χ4n) is 5.13. The second-order valence-electron chi connectivity index (χ2n) is 10.4. The molecular formula is C32H39N5O4S. The topological polar surface area (TPSA) is 96.9 Å². The molecule has 1 N–H and O–H groups in total. The third-order valence-corrected chi connectivity index (χ3v) is 9.59. The third-order valence-electron chi connectivity index (χ3n) is 7.68. The van der Waals surface area contributed by atoms with Gasteiger partial charge >= 0.3 is 0 Å². The van der Waals surface area contributed by atoms with Crippen LogP contribution in [0.1, 0.15) is 44.1 Å². The number of fused-ring (bicyclic) bond motifs is 1. The van der Waals surface area contributed by atoms with Crippen LogP contribution in [0.15, 0.2) is 77.7 Å². The number of hydrogen-bond donors (Lipinski definition) is 1. The summed E-state index contributed by atoms with van der Waals surface area (Å²) in [7, 11) is -1.92. The second kappa shape index (κ2) is 13.5. The van der Waals surface area contributed by atoms with E-state index in [0.29, 0.717) is 50.9 Å². The van der Waals surface area contributed by atoms with Crippen LogP contribution in [0.4, 0.5) is 5.82 Å². The Labute approximate surface area is 248 Å². The highest BCUT2D eigenvalue weighted by molar-refractivity contribution is 7.89. The van der Waals surface area contributed by atoms with Gasteiger partial charge in [-0.1, -0.05) is 43.7 Å². The summed E-state index contributed by atoms with van der Waals surface area (Å²) in [6, 6.07) is 22.5. The van der Waals surface area contributed by atoms with Crippen LogP contribution in [0.3, 0.4) is 0 Å². The summed E-state index contributed by atoms with van der Waals surface area (Å²) in [6.45, 7) is 7.33. The van der Waals surface area contributed by atoms with Gasteiger partial charge in [-0.2, -0.15) is 4.31 Å². The number of nitrogens with zero attached hydrogens (tertiary/aromatic N) is 4. The first kappa shape index (κ1) is 29.8. The highest BCUT2D eigenvalue weighted by Gasteiger charge is 2.31. The van der Waals surface area contributed by atoms with E-state index in [0.717, 1.165) is 40.9 Å². The predicted octanol–water partition coefficient (Wildman–Crippen LogP) is 5.50. The predicted molar refractivity (Wildman–Crippen MR) is 165 cm³/mol. The lowest BCUT2D eigenvalue weighted by Gasteiger charge is -2.36. The fourth-order valence-corrected chi connectivity index (χ4v) is 6.55. The van der Waals surface area contributed by atoms with E-state index in [1.807, 2.05) is 48.5 Å². The highest BCUT2D eigenvalue weighted by atomic mass is 32.2. The van der Waals surface area contributed by atoms with Crippen molar-refractivity contribution in [2.75, 3.05) is 45.2 Å². The number of ether oxygens (including phenoxy) is 2. The third kappa shape index (κ3) is 6.67. The molecule has 2 heterocycles. The monoisotopic (exact) mass is 589 g/mol. The average Bonchev–Trinajstić information content (AvgIpc) is 3.03. The van der Waals surface area contributed by atoms with E-state index in [1.165, 1.54) is 0 Å². The van der Waals surface area contributed by atoms with Crippen LogP contribution < -0.4 is 14.8 Å². The van der Waals surface area contributed by atoms with Gasteiger partial charge < -0.3 is 14.8 Å². The summed E-state index contributed by atoms with van der Waals surface area (Å²) in [5.41, 5.74) is 1.90. The summed E-state index contributed by atoms with van der Waals surface area (Å²) in [6.07, 6.45) is 2.01. The minimum absolute atomic E-state index is 0.0918. The van der Waals surface area contributed by atoms with E-state index in [1.54, 1.807) is 35.7 Å². The number of aromatic nitrogens is 2. The number of anilines is 1. The summed E-state index contributed by atoms with van der Waals surface area (Å²) < 4.78 is 39.5. The molecular weight excluding hydrogens is 550 g/mol. The Morgan fingerprint density at radius 1 is 0.929 bits per heavy atom. The zero-order valence-corrected chi connectivity index (χ0v) is 25.3. The molecule has 1 aromatic heterocycles. The van der Waals surface area contributed by atoms with Gasteiger partial charge in [0.2, 0.25) is 10.0 Å². The molecule has 1 atom stereocenters. The lowest BCUT2D eigenvalue weighted by Crippen LogP contribution is -2.49. The highest BCUT2D eigenvalue weighted by Crippen LogP contribution is 2.28. The van der Waals surface area contributed by atoms with Crippen molar-refractivity contribution < 1.29 is 17.9 Å². The maximum absolute atomic E-state index is 13.4. The maximum Gasteiger partial charge on any atom is 0.243 e. The van der Waals surface area contributed by atoms with Gasteiger partial charge in [0.15, 0.2) is 0 Å². The number of benzene rings is 3. The largest absolute Gasteiger partial charge is 0.496 e. The first-order valence-electron chi connectivity index (χ1n) is 14.5. The van der Waals surface area contributed by atoms with Gasteiger partial charge in [-0.15, -0.1) is 0 Å². The Balaban J connectivity index is 1.27. The van der Waals surface area contributed by atoms with Crippen molar-refractivity contribution in [3.05, 3.63) is 84.2 Å². The zero-order valence-electron chi connectivity index (χ0n) is 24.5. The summed E-state index contributed by atoms with van der Waals surface area (Å²) in [4.78, 5) is 12.4. The van der Waals surface area contributed by atoms with Crippen molar-refractivity contribution >= 4 is 26.7 Å². The van der Waals surface area contributed by atoms with Gasteiger partial charge in [0, 0.05) is 43.7 Å². The van der Waals surface area contributed by atoms with Crippen LogP contribution in [0.25, 0.3) is 10.9 Å². The number of rotatable bonds is 12. The Kier molecular flexibility index (Phi) is 9.56.